The zero-order valence-electron chi connectivity index (χ0n) is 15.7. The first-order valence-corrected chi connectivity index (χ1v) is 8.65. The first-order chi connectivity index (χ1) is 12.0. The SMILES string of the molecule is CCOc1ccc(CNC(=NC)NCc2cc(C(C)C)no2)cc1C. The molecule has 0 fully saturated rings. The molecule has 0 unspecified atom stereocenters. The van der Waals surface area contributed by atoms with Gasteiger partial charge in [0.15, 0.2) is 11.7 Å². The van der Waals surface area contributed by atoms with Crippen molar-refractivity contribution in [3.05, 3.63) is 46.8 Å². The lowest BCUT2D eigenvalue weighted by atomic mass is 10.1. The summed E-state index contributed by atoms with van der Waals surface area (Å²) < 4.78 is 10.9. The summed E-state index contributed by atoms with van der Waals surface area (Å²) in [7, 11) is 1.75. The van der Waals surface area contributed by atoms with E-state index in [2.05, 4.69) is 53.7 Å². The van der Waals surface area contributed by atoms with Gasteiger partial charge in [-0.05, 0) is 37.0 Å². The molecule has 136 valence electrons. The molecule has 0 saturated carbocycles. The van der Waals surface area contributed by atoms with Gasteiger partial charge in [-0.1, -0.05) is 31.1 Å². The summed E-state index contributed by atoms with van der Waals surface area (Å²) in [6.07, 6.45) is 0. The van der Waals surface area contributed by atoms with Gasteiger partial charge in [0.2, 0.25) is 0 Å². The van der Waals surface area contributed by atoms with Crippen molar-refractivity contribution in [2.75, 3.05) is 13.7 Å². The number of guanidine groups is 1. The molecule has 1 aromatic carbocycles. The lowest BCUT2D eigenvalue weighted by Gasteiger charge is -2.12. The normalized spacial score (nSPS) is 11.7. The Morgan fingerprint density at radius 3 is 2.60 bits per heavy atom. The molecule has 6 heteroatoms. The van der Waals surface area contributed by atoms with Crippen LogP contribution in [0.5, 0.6) is 5.75 Å². The average molecular weight is 344 g/mol. The second kappa shape index (κ2) is 9.11. The third-order valence-electron chi connectivity index (χ3n) is 3.82. The lowest BCUT2D eigenvalue weighted by molar-refractivity contribution is 0.338. The molecule has 0 aliphatic rings. The molecule has 2 rings (SSSR count). The largest absolute Gasteiger partial charge is 0.494 e. The van der Waals surface area contributed by atoms with Crippen molar-refractivity contribution in [1.82, 2.24) is 15.8 Å². The zero-order chi connectivity index (χ0) is 18.2. The Labute approximate surface area is 149 Å². The fraction of sp³-hybridized carbons (Fsp3) is 0.474. The van der Waals surface area contributed by atoms with Crippen LogP contribution in [0.15, 0.2) is 33.8 Å². The van der Waals surface area contributed by atoms with Gasteiger partial charge < -0.3 is 19.9 Å². The predicted octanol–water partition coefficient (Wildman–Crippen LogP) is 3.37. The fourth-order valence-electron chi connectivity index (χ4n) is 2.40. The first-order valence-electron chi connectivity index (χ1n) is 8.65. The number of aliphatic imine (C=N–C) groups is 1. The van der Waals surface area contributed by atoms with E-state index in [4.69, 9.17) is 9.26 Å². The molecule has 1 heterocycles. The van der Waals surface area contributed by atoms with E-state index in [1.807, 2.05) is 19.1 Å². The van der Waals surface area contributed by atoms with Crippen LogP contribution >= 0.6 is 0 Å². The quantitative estimate of drug-likeness (QED) is 0.595. The Morgan fingerprint density at radius 2 is 2.00 bits per heavy atom. The summed E-state index contributed by atoms with van der Waals surface area (Å²) in [6.45, 7) is 10.1. The Hall–Kier alpha value is -2.50. The van der Waals surface area contributed by atoms with Crippen LogP contribution in [-0.2, 0) is 13.1 Å². The summed E-state index contributed by atoms with van der Waals surface area (Å²) in [4.78, 5) is 4.24. The topological polar surface area (TPSA) is 71.7 Å². The molecule has 0 spiro atoms. The highest BCUT2D eigenvalue weighted by molar-refractivity contribution is 5.79. The second-order valence-electron chi connectivity index (χ2n) is 6.18. The van der Waals surface area contributed by atoms with Gasteiger partial charge in [-0.2, -0.15) is 0 Å². The number of rotatable bonds is 7. The highest BCUT2D eigenvalue weighted by atomic mass is 16.5. The van der Waals surface area contributed by atoms with Gasteiger partial charge in [0.05, 0.1) is 18.8 Å². The Morgan fingerprint density at radius 1 is 1.24 bits per heavy atom. The number of benzene rings is 1. The van der Waals surface area contributed by atoms with Gasteiger partial charge in [-0.3, -0.25) is 4.99 Å². The lowest BCUT2D eigenvalue weighted by Crippen LogP contribution is -2.36. The molecule has 0 aliphatic heterocycles. The average Bonchev–Trinajstić information content (AvgIpc) is 3.07. The van der Waals surface area contributed by atoms with Crippen LogP contribution in [-0.4, -0.2) is 24.8 Å². The second-order valence-corrected chi connectivity index (χ2v) is 6.18. The Bertz CT molecular complexity index is 707. The monoisotopic (exact) mass is 344 g/mol. The number of aryl methyl sites for hydroxylation is 1. The third kappa shape index (κ3) is 5.52. The molecule has 0 atom stereocenters. The number of ether oxygens (including phenoxy) is 1. The highest BCUT2D eigenvalue weighted by Gasteiger charge is 2.08. The molecular formula is C19H28N4O2. The molecule has 0 amide bonds. The van der Waals surface area contributed by atoms with Crippen molar-refractivity contribution in [3.63, 3.8) is 0 Å². The third-order valence-corrected chi connectivity index (χ3v) is 3.82. The van der Waals surface area contributed by atoms with E-state index >= 15 is 0 Å². The van der Waals surface area contributed by atoms with E-state index < -0.39 is 0 Å². The molecule has 1 aromatic heterocycles. The van der Waals surface area contributed by atoms with Gasteiger partial charge in [0.1, 0.15) is 5.75 Å². The minimum atomic E-state index is 0.359. The smallest absolute Gasteiger partial charge is 0.191 e. The number of aromatic nitrogens is 1. The van der Waals surface area contributed by atoms with Crippen LogP contribution in [0.4, 0.5) is 0 Å². The Balaban J connectivity index is 1.86. The van der Waals surface area contributed by atoms with E-state index in [1.54, 1.807) is 7.05 Å². The van der Waals surface area contributed by atoms with Gasteiger partial charge in [0.25, 0.3) is 0 Å². The summed E-state index contributed by atoms with van der Waals surface area (Å²) in [5.74, 6) is 2.80. The van der Waals surface area contributed by atoms with E-state index in [0.29, 0.717) is 31.6 Å². The molecule has 0 bridgehead atoms. The van der Waals surface area contributed by atoms with E-state index in [-0.39, 0.29) is 0 Å². The molecule has 0 radical (unpaired) electrons. The first kappa shape index (κ1) is 18.8. The predicted molar refractivity (Wildman–Crippen MR) is 100.0 cm³/mol. The van der Waals surface area contributed by atoms with E-state index in [9.17, 15) is 0 Å². The number of nitrogens with zero attached hydrogens (tertiary/aromatic N) is 2. The number of hydrogen-bond acceptors (Lipinski definition) is 4. The van der Waals surface area contributed by atoms with Crippen LogP contribution in [0.3, 0.4) is 0 Å². The van der Waals surface area contributed by atoms with Crippen LogP contribution in [0.2, 0.25) is 0 Å². The van der Waals surface area contributed by atoms with E-state index in [1.165, 1.54) is 5.56 Å². The van der Waals surface area contributed by atoms with Gasteiger partial charge in [0, 0.05) is 19.7 Å². The van der Waals surface area contributed by atoms with Crippen molar-refractivity contribution >= 4 is 5.96 Å². The maximum Gasteiger partial charge on any atom is 0.191 e. The number of hydrogen-bond donors (Lipinski definition) is 2. The molecule has 6 nitrogen and oxygen atoms in total. The molecule has 0 aliphatic carbocycles. The van der Waals surface area contributed by atoms with Crippen molar-refractivity contribution in [3.8, 4) is 5.75 Å². The van der Waals surface area contributed by atoms with Crippen molar-refractivity contribution in [2.45, 2.75) is 46.7 Å². The fourth-order valence-corrected chi connectivity index (χ4v) is 2.40. The maximum absolute atomic E-state index is 5.57. The van der Waals surface area contributed by atoms with Crippen molar-refractivity contribution in [2.24, 2.45) is 4.99 Å². The molecular weight excluding hydrogens is 316 g/mol. The molecule has 0 saturated heterocycles. The van der Waals surface area contributed by atoms with Gasteiger partial charge >= 0.3 is 0 Å². The zero-order valence-corrected chi connectivity index (χ0v) is 15.7. The Kier molecular flexibility index (Phi) is 6.86. The molecule has 2 N–H and O–H groups in total. The standard InChI is InChI=1S/C19H28N4O2/c1-6-24-18-8-7-15(9-14(18)4)11-21-19(20-5)22-12-16-10-17(13(2)3)23-25-16/h7-10,13H,6,11-12H2,1-5H3,(H2,20,21,22). The number of nitrogens with one attached hydrogen (secondary N) is 2. The van der Waals surface area contributed by atoms with E-state index in [0.717, 1.165) is 22.8 Å². The minimum absolute atomic E-state index is 0.359. The molecule has 2 aromatic rings. The van der Waals surface area contributed by atoms with Crippen molar-refractivity contribution in [1.29, 1.82) is 0 Å². The maximum atomic E-state index is 5.57. The van der Waals surface area contributed by atoms with Crippen molar-refractivity contribution < 1.29 is 9.26 Å². The van der Waals surface area contributed by atoms with Crippen LogP contribution in [0.1, 0.15) is 49.3 Å². The minimum Gasteiger partial charge on any atom is -0.494 e. The summed E-state index contributed by atoms with van der Waals surface area (Å²) >= 11 is 0. The highest BCUT2D eigenvalue weighted by Crippen LogP contribution is 2.19. The van der Waals surface area contributed by atoms with Gasteiger partial charge in [-0.25, -0.2) is 0 Å². The van der Waals surface area contributed by atoms with Crippen LogP contribution in [0.25, 0.3) is 0 Å². The van der Waals surface area contributed by atoms with Gasteiger partial charge in [-0.15, -0.1) is 0 Å². The summed E-state index contributed by atoms with van der Waals surface area (Å²) in [6, 6.07) is 8.16. The van der Waals surface area contributed by atoms with Crippen LogP contribution < -0.4 is 15.4 Å². The summed E-state index contributed by atoms with van der Waals surface area (Å²) in [5, 5.41) is 10.6. The molecule has 25 heavy (non-hydrogen) atoms. The van der Waals surface area contributed by atoms with Crippen LogP contribution in [0, 0.1) is 6.92 Å². The summed E-state index contributed by atoms with van der Waals surface area (Å²) in [5.41, 5.74) is 3.27.